The highest BCUT2D eigenvalue weighted by atomic mass is 16.3. The van der Waals surface area contributed by atoms with Crippen LogP contribution in [-0.4, -0.2) is 53.8 Å². The van der Waals surface area contributed by atoms with E-state index in [1.54, 1.807) is 6.20 Å². The van der Waals surface area contributed by atoms with Crippen LogP contribution in [0.1, 0.15) is 37.7 Å². The zero-order valence-electron chi connectivity index (χ0n) is 19.7. The number of hydrogen-bond acceptors (Lipinski definition) is 5. The van der Waals surface area contributed by atoms with Gasteiger partial charge in [-0.3, -0.25) is 9.36 Å². The number of piperidine rings is 1. The molecule has 1 fully saturated rings. The van der Waals surface area contributed by atoms with E-state index in [9.17, 15) is 14.7 Å². The summed E-state index contributed by atoms with van der Waals surface area (Å²) in [5, 5.41) is 15.5. The smallest absolute Gasteiger partial charge is 0.351 e. The fraction of sp³-hybridized carbons (Fsp3) is 0.333. The lowest BCUT2D eigenvalue weighted by molar-refractivity contribution is -0.136. The van der Waals surface area contributed by atoms with Crippen LogP contribution in [0.5, 0.6) is 0 Å². The van der Waals surface area contributed by atoms with E-state index < -0.39 is 5.60 Å². The molecule has 0 radical (unpaired) electrons. The second kappa shape index (κ2) is 9.46. The molecule has 8 nitrogen and oxygen atoms in total. The molecule has 1 amide bonds. The molecule has 0 saturated carbocycles. The van der Waals surface area contributed by atoms with Gasteiger partial charge in [0.15, 0.2) is 5.65 Å². The average Bonchev–Trinajstić information content (AvgIpc) is 3.32. The molecule has 1 aliphatic heterocycles. The molecule has 0 unspecified atom stereocenters. The zero-order valence-corrected chi connectivity index (χ0v) is 19.7. The van der Waals surface area contributed by atoms with Crippen molar-refractivity contribution in [1.82, 2.24) is 24.1 Å². The van der Waals surface area contributed by atoms with Gasteiger partial charge < -0.3 is 10.0 Å². The fourth-order valence-electron chi connectivity index (χ4n) is 4.77. The third kappa shape index (κ3) is 4.74. The standard InChI is InChI=1S/C27H29N5O3/c1-20(21-8-4-2-5-9-21)16-24(33)30-14-12-27(35,13-15-30)18-31-19-28-25-23(17-29-32(25)26(31)34)22-10-6-3-7-11-22/h2-11,17,19-20,35H,12-16,18H2,1H3/t20-/m1/s1. The molecule has 3 heterocycles. The van der Waals surface area contributed by atoms with Crippen LogP contribution in [0.3, 0.4) is 0 Å². The number of aromatic nitrogens is 4. The van der Waals surface area contributed by atoms with Crippen LogP contribution in [0.25, 0.3) is 16.8 Å². The number of hydrogen-bond donors (Lipinski definition) is 1. The van der Waals surface area contributed by atoms with E-state index in [2.05, 4.69) is 17.0 Å². The molecule has 35 heavy (non-hydrogen) atoms. The van der Waals surface area contributed by atoms with Gasteiger partial charge in [0.1, 0.15) is 6.33 Å². The van der Waals surface area contributed by atoms with Crippen LogP contribution in [0.4, 0.5) is 0 Å². The molecule has 0 spiro atoms. The Balaban J connectivity index is 1.25. The highest BCUT2D eigenvalue weighted by Crippen LogP contribution is 2.27. The van der Waals surface area contributed by atoms with Crippen molar-refractivity contribution in [2.75, 3.05) is 13.1 Å². The first-order valence-corrected chi connectivity index (χ1v) is 12.0. The van der Waals surface area contributed by atoms with Crippen molar-refractivity contribution in [1.29, 1.82) is 0 Å². The second-order valence-corrected chi connectivity index (χ2v) is 9.44. The van der Waals surface area contributed by atoms with Crippen molar-refractivity contribution in [2.45, 2.75) is 44.2 Å². The first-order valence-electron chi connectivity index (χ1n) is 12.0. The Morgan fingerprint density at radius 2 is 1.71 bits per heavy atom. The number of amides is 1. The molecule has 1 saturated heterocycles. The van der Waals surface area contributed by atoms with Crippen molar-refractivity contribution >= 4 is 11.6 Å². The molecule has 5 rings (SSSR count). The van der Waals surface area contributed by atoms with Gasteiger partial charge in [0, 0.05) is 25.1 Å². The van der Waals surface area contributed by atoms with Crippen molar-refractivity contribution in [2.24, 2.45) is 0 Å². The highest BCUT2D eigenvalue weighted by Gasteiger charge is 2.35. The number of fused-ring (bicyclic) bond motifs is 1. The maximum Gasteiger partial charge on any atom is 0.351 e. The quantitative estimate of drug-likeness (QED) is 0.467. The summed E-state index contributed by atoms with van der Waals surface area (Å²) in [6, 6.07) is 19.7. The maximum absolute atomic E-state index is 13.1. The summed E-state index contributed by atoms with van der Waals surface area (Å²) in [5.74, 6) is 0.226. The van der Waals surface area contributed by atoms with Gasteiger partial charge in [-0.2, -0.15) is 9.61 Å². The van der Waals surface area contributed by atoms with Crippen LogP contribution in [0, 0.1) is 0 Å². The largest absolute Gasteiger partial charge is 0.388 e. The lowest BCUT2D eigenvalue weighted by Gasteiger charge is -2.38. The first-order chi connectivity index (χ1) is 16.9. The molecular weight excluding hydrogens is 442 g/mol. The Kier molecular flexibility index (Phi) is 6.21. The Morgan fingerprint density at radius 1 is 1.06 bits per heavy atom. The number of nitrogens with zero attached hydrogens (tertiary/aromatic N) is 5. The topological polar surface area (TPSA) is 92.7 Å². The molecule has 1 aliphatic rings. The van der Waals surface area contributed by atoms with Crippen LogP contribution in [0.2, 0.25) is 0 Å². The number of rotatable bonds is 6. The predicted molar refractivity (Wildman–Crippen MR) is 133 cm³/mol. The minimum Gasteiger partial charge on any atom is -0.388 e. The summed E-state index contributed by atoms with van der Waals surface area (Å²) in [4.78, 5) is 32.2. The lowest BCUT2D eigenvalue weighted by atomic mass is 9.90. The van der Waals surface area contributed by atoms with Gasteiger partial charge in [0.2, 0.25) is 5.91 Å². The molecule has 4 aromatic rings. The Bertz CT molecular complexity index is 1370. The summed E-state index contributed by atoms with van der Waals surface area (Å²) in [6.45, 7) is 3.09. The lowest BCUT2D eigenvalue weighted by Crippen LogP contribution is -2.50. The normalized spacial score (nSPS) is 16.3. The van der Waals surface area contributed by atoms with Crippen LogP contribution in [-0.2, 0) is 11.3 Å². The summed E-state index contributed by atoms with van der Waals surface area (Å²) in [5.41, 5.74) is 1.91. The van der Waals surface area contributed by atoms with E-state index >= 15 is 0 Å². The van der Waals surface area contributed by atoms with E-state index in [0.29, 0.717) is 38.0 Å². The molecular formula is C27H29N5O3. The molecule has 180 valence electrons. The minimum absolute atomic E-state index is 0.0913. The van der Waals surface area contributed by atoms with Gasteiger partial charge in [-0.1, -0.05) is 67.6 Å². The van der Waals surface area contributed by atoms with E-state index in [0.717, 1.165) is 16.7 Å². The monoisotopic (exact) mass is 471 g/mol. The highest BCUT2D eigenvalue weighted by molar-refractivity contribution is 5.77. The zero-order chi connectivity index (χ0) is 24.4. The van der Waals surface area contributed by atoms with E-state index in [4.69, 9.17) is 0 Å². The van der Waals surface area contributed by atoms with Crippen LogP contribution in [0.15, 0.2) is 78.0 Å². The molecule has 0 aliphatic carbocycles. The maximum atomic E-state index is 13.1. The Morgan fingerprint density at radius 3 is 2.40 bits per heavy atom. The van der Waals surface area contributed by atoms with Crippen molar-refractivity contribution in [3.05, 3.63) is 89.2 Å². The van der Waals surface area contributed by atoms with Crippen LogP contribution >= 0.6 is 0 Å². The SMILES string of the molecule is C[C@H](CC(=O)N1CCC(O)(Cn2cnc3c(-c4ccccc4)cnn3c2=O)CC1)c1ccccc1. The van der Waals surface area contributed by atoms with Crippen molar-refractivity contribution in [3.8, 4) is 11.1 Å². The van der Waals surface area contributed by atoms with Crippen LogP contribution < -0.4 is 5.69 Å². The average molecular weight is 472 g/mol. The molecule has 0 bridgehead atoms. The first kappa shape index (κ1) is 23.0. The number of carbonyl (C=O) groups excluding carboxylic acids is 1. The third-order valence-corrected chi connectivity index (χ3v) is 6.94. The second-order valence-electron chi connectivity index (χ2n) is 9.44. The van der Waals surface area contributed by atoms with E-state index in [1.165, 1.54) is 15.4 Å². The number of likely N-dealkylation sites (tertiary alicyclic amines) is 1. The Hall–Kier alpha value is -3.78. The van der Waals surface area contributed by atoms with Gasteiger partial charge in [0.25, 0.3) is 0 Å². The number of benzene rings is 2. The van der Waals surface area contributed by atoms with Gasteiger partial charge in [-0.05, 0) is 29.9 Å². The van der Waals surface area contributed by atoms with Gasteiger partial charge in [0.05, 0.1) is 18.3 Å². The predicted octanol–water partition coefficient (Wildman–Crippen LogP) is 3.11. The van der Waals surface area contributed by atoms with E-state index in [1.807, 2.05) is 65.6 Å². The van der Waals surface area contributed by atoms with Gasteiger partial charge in [-0.15, -0.1) is 0 Å². The summed E-state index contributed by atoms with van der Waals surface area (Å²) in [7, 11) is 0. The van der Waals surface area contributed by atoms with Crippen molar-refractivity contribution in [3.63, 3.8) is 0 Å². The Labute approximate surface area is 203 Å². The summed E-state index contributed by atoms with van der Waals surface area (Å²) < 4.78 is 2.68. The third-order valence-electron chi connectivity index (χ3n) is 6.94. The minimum atomic E-state index is -1.09. The molecule has 1 atom stereocenters. The van der Waals surface area contributed by atoms with Crippen molar-refractivity contribution < 1.29 is 9.90 Å². The molecule has 1 N–H and O–H groups in total. The van der Waals surface area contributed by atoms with Gasteiger partial charge in [-0.25, -0.2) is 9.78 Å². The molecule has 2 aromatic carbocycles. The van der Waals surface area contributed by atoms with Gasteiger partial charge >= 0.3 is 5.69 Å². The number of carbonyl (C=O) groups is 1. The fourth-order valence-corrected chi connectivity index (χ4v) is 4.77. The summed E-state index contributed by atoms with van der Waals surface area (Å²) in [6.07, 6.45) is 4.35. The summed E-state index contributed by atoms with van der Waals surface area (Å²) >= 11 is 0. The molecule has 8 heteroatoms. The number of aliphatic hydroxyl groups is 1. The molecule has 2 aromatic heterocycles. The van der Waals surface area contributed by atoms with E-state index in [-0.39, 0.29) is 24.1 Å².